The van der Waals surface area contributed by atoms with Gasteiger partial charge in [-0.1, -0.05) is 36.1 Å². The summed E-state index contributed by atoms with van der Waals surface area (Å²) in [5.74, 6) is 2.81. The third kappa shape index (κ3) is 10.1. The molecule has 0 spiro atoms. The lowest BCUT2D eigenvalue weighted by atomic mass is 9.92. The van der Waals surface area contributed by atoms with Crippen LogP contribution in [0.5, 0.6) is 0 Å². The second-order valence-electron chi connectivity index (χ2n) is 10.5. The van der Waals surface area contributed by atoms with Crippen LogP contribution in [-0.4, -0.2) is 119 Å². The van der Waals surface area contributed by atoms with Crippen LogP contribution in [0.4, 0.5) is 0 Å². The summed E-state index contributed by atoms with van der Waals surface area (Å²) >= 11 is 0. The summed E-state index contributed by atoms with van der Waals surface area (Å²) in [4.78, 5) is 47.4. The van der Waals surface area contributed by atoms with Gasteiger partial charge in [-0.05, 0) is 24.1 Å². The van der Waals surface area contributed by atoms with E-state index in [0.29, 0.717) is 5.56 Å². The minimum absolute atomic E-state index is 0.151. The number of carbonyl (C=O) groups is 4. The van der Waals surface area contributed by atoms with Crippen molar-refractivity contribution in [2.24, 2.45) is 0 Å². The van der Waals surface area contributed by atoms with Gasteiger partial charge in [0.2, 0.25) is 0 Å². The maximum absolute atomic E-state index is 12.0. The monoisotopic (exact) mass is 634 g/mol. The molecule has 2 aliphatic rings. The summed E-state index contributed by atoms with van der Waals surface area (Å²) in [5, 5.41) is 39.3. The second-order valence-corrected chi connectivity index (χ2v) is 10.5. The van der Waals surface area contributed by atoms with E-state index in [0.717, 1.165) is 19.4 Å². The van der Waals surface area contributed by atoms with Crippen molar-refractivity contribution >= 4 is 30.0 Å². The van der Waals surface area contributed by atoms with Gasteiger partial charge < -0.3 is 48.8 Å². The first-order valence-electron chi connectivity index (χ1n) is 14.2. The summed E-state index contributed by atoms with van der Waals surface area (Å²) in [5.41, 5.74) is 1.31. The first-order valence-corrected chi connectivity index (χ1v) is 14.2. The molecule has 2 heterocycles. The van der Waals surface area contributed by atoms with Crippen molar-refractivity contribution in [2.75, 3.05) is 13.2 Å². The van der Waals surface area contributed by atoms with E-state index in [1.807, 2.05) is 0 Å². The predicted molar refractivity (Wildman–Crippen MR) is 153 cm³/mol. The molecule has 0 bridgehead atoms. The van der Waals surface area contributed by atoms with Crippen molar-refractivity contribution in [1.29, 1.82) is 0 Å². The maximum Gasteiger partial charge on any atom is 0.303 e. The molecule has 246 valence electrons. The smallest absolute Gasteiger partial charge is 0.303 e. The Labute approximate surface area is 259 Å². The zero-order valence-corrected chi connectivity index (χ0v) is 25.2. The maximum atomic E-state index is 12.0. The number of hydrogen-bond acceptors (Lipinski definition) is 14. The van der Waals surface area contributed by atoms with Crippen LogP contribution in [0.25, 0.3) is 6.08 Å². The molecule has 14 heteroatoms. The van der Waals surface area contributed by atoms with E-state index in [1.54, 1.807) is 36.4 Å². The van der Waals surface area contributed by atoms with Crippen LogP contribution in [0.3, 0.4) is 0 Å². The second kappa shape index (κ2) is 16.5. The van der Waals surface area contributed by atoms with Gasteiger partial charge >= 0.3 is 23.9 Å². The summed E-state index contributed by atoms with van der Waals surface area (Å²) in [6.07, 6.45) is -8.56. The molecule has 2 aliphatic heterocycles. The Hall–Kier alpha value is -3.84. The Morgan fingerprint density at radius 2 is 1.33 bits per heavy atom. The third-order valence-corrected chi connectivity index (χ3v) is 6.93. The van der Waals surface area contributed by atoms with Gasteiger partial charge in [-0.25, -0.2) is 0 Å². The van der Waals surface area contributed by atoms with E-state index in [9.17, 15) is 39.6 Å². The van der Waals surface area contributed by atoms with Gasteiger partial charge in [-0.15, -0.1) is 0 Å². The Bertz CT molecular complexity index is 1280. The number of rotatable bonds is 9. The lowest BCUT2D eigenvalue weighted by Crippen LogP contribution is -2.62. The van der Waals surface area contributed by atoms with Gasteiger partial charge in [0.15, 0.2) is 18.3 Å². The fourth-order valence-corrected chi connectivity index (χ4v) is 4.90. The van der Waals surface area contributed by atoms with Crippen molar-refractivity contribution in [3.8, 4) is 11.8 Å². The number of hydrogen-bond donors (Lipinski definition) is 4. The number of carbonyl (C=O) groups excluding carboxylic acids is 4. The number of ether oxygens (including phenoxy) is 6. The average molecular weight is 635 g/mol. The fraction of sp³-hybridized carbons (Fsp3) is 0.548. The van der Waals surface area contributed by atoms with Crippen LogP contribution >= 0.6 is 0 Å². The predicted octanol–water partition coefficient (Wildman–Crippen LogP) is -0.591. The summed E-state index contributed by atoms with van der Waals surface area (Å²) in [6.45, 7) is 3.80. The number of aliphatic hydroxyl groups is 4. The molecular weight excluding hydrogens is 596 g/mol. The lowest BCUT2D eigenvalue weighted by molar-refractivity contribution is -0.251. The van der Waals surface area contributed by atoms with Gasteiger partial charge in [0.1, 0.15) is 49.3 Å². The standard InChI is InChI=1S/C31H38O14/c1-16(33)40-15-25-30(42-18(3)35)31(43-19(4)36)29(41-17(2)34)23(45-25)7-5-6-20-8-10-21(11-9-20)12-13-22-26(37)28(39)27(38)24(14-32)44-22/h5-6,8-11,22-32,37-39H,7,14-15H2,1-4H3/b6-5+/t22-,23-,24-,25-,26-,27-,28-,29-,30-,31-/m1/s1. The van der Waals surface area contributed by atoms with Crippen molar-refractivity contribution in [3.63, 3.8) is 0 Å². The molecule has 4 N–H and O–H groups in total. The molecule has 45 heavy (non-hydrogen) atoms. The SMILES string of the molecule is CC(=O)OC[C@H]1O[C@H](C/C=C/c2ccc(C#C[C@H]3O[C@H](CO)[C@@H](O)[C@H](O)[C@@H]3O)cc2)[C@@H](OC(C)=O)[C@@H](OC(C)=O)[C@@H]1OC(C)=O. The molecule has 2 fully saturated rings. The fourth-order valence-electron chi connectivity index (χ4n) is 4.90. The first kappa shape index (κ1) is 35.6. The van der Waals surface area contributed by atoms with Crippen molar-refractivity contribution in [3.05, 3.63) is 41.5 Å². The van der Waals surface area contributed by atoms with E-state index >= 15 is 0 Å². The zero-order valence-electron chi connectivity index (χ0n) is 25.2. The van der Waals surface area contributed by atoms with Crippen molar-refractivity contribution in [1.82, 2.24) is 0 Å². The molecule has 0 amide bonds. The molecule has 1 aromatic rings. The Morgan fingerprint density at radius 3 is 1.89 bits per heavy atom. The van der Waals surface area contributed by atoms with E-state index in [2.05, 4.69) is 11.8 Å². The van der Waals surface area contributed by atoms with Gasteiger partial charge in [0.25, 0.3) is 0 Å². The zero-order chi connectivity index (χ0) is 33.3. The first-order chi connectivity index (χ1) is 21.3. The minimum atomic E-state index is -1.52. The molecule has 0 radical (unpaired) electrons. The lowest BCUT2D eigenvalue weighted by Gasteiger charge is -2.44. The number of esters is 4. The molecule has 10 atom stereocenters. The highest BCUT2D eigenvalue weighted by molar-refractivity contribution is 5.68. The number of aliphatic hydroxyl groups excluding tert-OH is 4. The highest BCUT2D eigenvalue weighted by Gasteiger charge is 2.51. The van der Waals surface area contributed by atoms with Gasteiger partial charge in [0, 0.05) is 33.3 Å². The minimum Gasteiger partial charge on any atom is -0.463 e. The van der Waals surface area contributed by atoms with Gasteiger partial charge in [-0.2, -0.15) is 0 Å². The van der Waals surface area contributed by atoms with Gasteiger partial charge in [-0.3, -0.25) is 19.2 Å². The van der Waals surface area contributed by atoms with E-state index in [1.165, 1.54) is 13.8 Å². The molecule has 0 saturated carbocycles. The summed E-state index contributed by atoms with van der Waals surface area (Å²) in [6, 6.07) is 6.90. The Balaban J connectivity index is 1.77. The summed E-state index contributed by atoms with van der Waals surface area (Å²) < 4.78 is 32.9. The van der Waals surface area contributed by atoms with Crippen LogP contribution in [0.15, 0.2) is 30.3 Å². The molecule has 0 aromatic heterocycles. The van der Waals surface area contributed by atoms with Crippen LogP contribution in [0.2, 0.25) is 0 Å². The van der Waals surface area contributed by atoms with E-state index in [4.69, 9.17) is 28.4 Å². The quantitative estimate of drug-likeness (QED) is 0.152. The highest BCUT2D eigenvalue weighted by Crippen LogP contribution is 2.31. The van der Waals surface area contributed by atoms with Crippen molar-refractivity contribution in [2.45, 2.75) is 95.2 Å². The van der Waals surface area contributed by atoms with Crippen LogP contribution < -0.4 is 0 Å². The molecular formula is C31H38O14. The largest absolute Gasteiger partial charge is 0.463 e. The molecule has 0 aliphatic carbocycles. The third-order valence-electron chi connectivity index (χ3n) is 6.93. The molecule has 1 aromatic carbocycles. The Kier molecular flexibility index (Phi) is 13.0. The molecule has 0 unspecified atom stereocenters. The molecule has 2 saturated heterocycles. The summed E-state index contributed by atoms with van der Waals surface area (Å²) in [7, 11) is 0. The normalized spacial score (nSPS) is 31.3. The average Bonchev–Trinajstić information content (AvgIpc) is 2.97. The van der Waals surface area contributed by atoms with Crippen LogP contribution in [0, 0.1) is 11.8 Å². The van der Waals surface area contributed by atoms with Crippen LogP contribution in [-0.2, 0) is 47.6 Å². The van der Waals surface area contributed by atoms with Gasteiger partial charge in [0.05, 0.1) is 6.61 Å². The Morgan fingerprint density at radius 1 is 0.756 bits per heavy atom. The highest BCUT2D eigenvalue weighted by atomic mass is 16.7. The number of benzene rings is 1. The topological polar surface area (TPSA) is 205 Å². The van der Waals surface area contributed by atoms with Crippen LogP contribution in [0.1, 0.15) is 45.2 Å². The van der Waals surface area contributed by atoms with E-state index < -0.39 is 91.5 Å². The molecule has 3 rings (SSSR count). The van der Waals surface area contributed by atoms with Crippen molar-refractivity contribution < 1.29 is 68.0 Å². The molecule has 14 nitrogen and oxygen atoms in total. The van der Waals surface area contributed by atoms with E-state index in [-0.39, 0.29) is 13.0 Å².